The van der Waals surface area contributed by atoms with E-state index in [2.05, 4.69) is 27.0 Å². The Labute approximate surface area is 124 Å². The lowest BCUT2D eigenvalue weighted by atomic mass is 10.1. The molecule has 1 aromatic carbocycles. The van der Waals surface area contributed by atoms with Crippen LogP contribution in [0.15, 0.2) is 34.9 Å². The molecular weight excluding hydrogens is 268 g/mol. The van der Waals surface area contributed by atoms with Crippen LogP contribution in [0.25, 0.3) is 0 Å². The summed E-state index contributed by atoms with van der Waals surface area (Å²) >= 11 is 0. The minimum atomic E-state index is -0.619. The topological polar surface area (TPSA) is 65.6 Å². The fourth-order valence-corrected chi connectivity index (χ4v) is 2.42. The molecule has 3 rings (SSSR count). The van der Waals surface area contributed by atoms with Crippen LogP contribution in [0.4, 0.5) is 5.95 Å². The molecule has 0 aliphatic carbocycles. The largest absolute Gasteiger partial charge is 0.388 e. The predicted molar refractivity (Wildman–Crippen MR) is 79.1 cm³/mol. The van der Waals surface area contributed by atoms with Crippen LogP contribution < -0.4 is 4.90 Å². The lowest BCUT2D eigenvalue weighted by Gasteiger charge is -2.31. The first-order valence-electron chi connectivity index (χ1n) is 7.21. The number of rotatable bonds is 4. The molecule has 2 heterocycles. The van der Waals surface area contributed by atoms with Crippen molar-refractivity contribution in [2.45, 2.75) is 12.5 Å². The van der Waals surface area contributed by atoms with Gasteiger partial charge in [-0.2, -0.15) is 4.98 Å². The molecular formula is C15H20N4O2. The highest BCUT2D eigenvalue weighted by Gasteiger charge is 2.20. The molecule has 0 spiro atoms. The summed E-state index contributed by atoms with van der Waals surface area (Å²) in [5.74, 6) is 1.10. The van der Waals surface area contributed by atoms with Gasteiger partial charge in [0, 0.05) is 26.2 Å². The van der Waals surface area contributed by atoms with Gasteiger partial charge < -0.3 is 19.4 Å². The molecule has 1 fully saturated rings. The van der Waals surface area contributed by atoms with Crippen LogP contribution in [0, 0.1) is 0 Å². The fraction of sp³-hybridized carbons (Fsp3) is 0.467. The molecule has 0 amide bonds. The van der Waals surface area contributed by atoms with Gasteiger partial charge in [-0.25, -0.2) is 0 Å². The molecule has 1 unspecified atom stereocenters. The lowest BCUT2D eigenvalue weighted by molar-refractivity contribution is 0.165. The average Bonchev–Trinajstić information content (AvgIpc) is 2.97. The number of anilines is 1. The smallest absolute Gasteiger partial charge is 0.266 e. The standard InChI is InChI=1S/C15H20N4O2/c1-18-7-9-19(10-8-18)15-16-14(21-17-15)11-13(20)12-5-3-2-4-6-12/h2-6,13,20H,7-11H2,1H3. The third-order valence-electron chi connectivity index (χ3n) is 3.80. The van der Waals surface area contributed by atoms with E-state index < -0.39 is 6.10 Å². The molecule has 0 radical (unpaired) electrons. The highest BCUT2D eigenvalue weighted by Crippen LogP contribution is 2.19. The first kappa shape index (κ1) is 14.0. The Balaban J connectivity index is 1.63. The number of hydrogen-bond acceptors (Lipinski definition) is 6. The maximum Gasteiger partial charge on any atom is 0.266 e. The van der Waals surface area contributed by atoms with E-state index in [4.69, 9.17) is 4.52 Å². The van der Waals surface area contributed by atoms with E-state index in [1.165, 1.54) is 0 Å². The van der Waals surface area contributed by atoms with E-state index in [-0.39, 0.29) is 0 Å². The molecule has 0 saturated carbocycles. The summed E-state index contributed by atoms with van der Waals surface area (Å²) in [6.45, 7) is 3.79. The quantitative estimate of drug-likeness (QED) is 0.909. The summed E-state index contributed by atoms with van der Waals surface area (Å²) in [6, 6.07) is 9.52. The molecule has 2 aromatic rings. The van der Waals surface area contributed by atoms with Crippen molar-refractivity contribution in [2.75, 3.05) is 38.1 Å². The van der Waals surface area contributed by atoms with Crippen LogP contribution >= 0.6 is 0 Å². The highest BCUT2D eigenvalue weighted by atomic mass is 16.5. The van der Waals surface area contributed by atoms with Gasteiger partial charge in [0.25, 0.3) is 5.95 Å². The summed E-state index contributed by atoms with van der Waals surface area (Å²) in [5, 5.41) is 14.2. The summed E-state index contributed by atoms with van der Waals surface area (Å²) in [7, 11) is 2.11. The first-order valence-corrected chi connectivity index (χ1v) is 7.21. The lowest BCUT2D eigenvalue weighted by Crippen LogP contribution is -2.44. The van der Waals surface area contributed by atoms with E-state index in [9.17, 15) is 5.11 Å². The molecule has 1 aliphatic rings. The zero-order chi connectivity index (χ0) is 14.7. The zero-order valence-corrected chi connectivity index (χ0v) is 12.1. The maximum atomic E-state index is 10.2. The molecule has 1 saturated heterocycles. The third-order valence-corrected chi connectivity index (χ3v) is 3.80. The summed E-state index contributed by atoms with van der Waals surface area (Å²) < 4.78 is 5.26. The van der Waals surface area contributed by atoms with Crippen LogP contribution in [-0.2, 0) is 6.42 Å². The van der Waals surface area contributed by atoms with Gasteiger partial charge in [-0.15, -0.1) is 0 Å². The molecule has 6 heteroatoms. The monoisotopic (exact) mass is 288 g/mol. The first-order chi connectivity index (χ1) is 10.2. The number of aliphatic hydroxyl groups excluding tert-OH is 1. The molecule has 1 aliphatic heterocycles. The van der Waals surface area contributed by atoms with Crippen LogP contribution in [0.1, 0.15) is 17.6 Å². The number of aliphatic hydroxyl groups is 1. The minimum Gasteiger partial charge on any atom is -0.388 e. The highest BCUT2D eigenvalue weighted by molar-refractivity contribution is 5.29. The van der Waals surface area contributed by atoms with E-state index in [0.717, 1.165) is 31.7 Å². The normalized spacial score (nSPS) is 17.9. The van der Waals surface area contributed by atoms with Crippen LogP contribution in [0.5, 0.6) is 0 Å². The summed E-state index contributed by atoms with van der Waals surface area (Å²) in [6.07, 6.45) is -0.280. The van der Waals surface area contributed by atoms with Crippen LogP contribution in [0.2, 0.25) is 0 Å². The second-order valence-corrected chi connectivity index (χ2v) is 5.41. The average molecular weight is 288 g/mol. The van der Waals surface area contributed by atoms with Crippen molar-refractivity contribution in [1.82, 2.24) is 15.0 Å². The van der Waals surface area contributed by atoms with E-state index in [1.807, 2.05) is 30.3 Å². The SMILES string of the molecule is CN1CCN(c2noc(CC(O)c3ccccc3)n2)CC1. The van der Waals surface area contributed by atoms with E-state index >= 15 is 0 Å². The molecule has 1 aromatic heterocycles. The predicted octanol–water partition coefficient (Wildman–Crippen LogP) is 1.10. The van der Waals surface area contributed by atoms with Crippen LogP contribution in [0.3, 0.4) is 0 Å². The van der Waals surface area contributed by atoms with E-state index in [1.54, 1.807) is 0 Å². The third kappa shape index (κ3) is 3.40. The van der Waals surface area contributed by atoms with Crippen molar-refractivity contribution in [3.8, 4) is 0 Å². The van der Waals surface area contributed by atoms with Crippen molar-refractivity contribution < 1.29 is 9.63 Å². The summed E-state index contributed by atoms with van der Waals surface area (Å²) in [5.41, 5.74) is 0.858. The number of hydrogen-bond donors (Lipinski definition) is 1. The van der Waals surface area contributed by atoms with Crippen molar-refractivity contribution in [1.29, 1.82) is 0 Å². The van der Waals surface area contributed by atoms with Gasteiger partial charge in [0.15, 0.2) is 0 Å². The molecule has 0 bridgehead atoms. The molecule has 112 valence electrons. The number of nitrogens with zero attached hydrogens (tertiary/aromatic N) is 4. The van der Waals surface area contributed by atoms with Crippen molar-refractivity contribution >= 4 is 5.95 Å². The Hall–Kier alpha value is -1.92. The van der Waals surface area contributed by atoms with Gasteiger partial charge in [-0.3, -0.25) is 0 Å². The Kier molecular flexibility index (Phi) is 4.17. The van der Waals surface area contributed by atoms with Gasteiger partial charge in [0.05, 0.1) is 12.5 Å². The van der Waals surface area contributed by atoms with Gasteiger partial charge in [0.1, 0.15) is 0 Å². The Morgan fingerprint density at radius 2 is 1.90 bits per heavy atom. The van der Waals surface area contributed by atoms with Crippen molar-refractivity contribution in [2.24, 2.45) is 0 Å². The molecule has 1 N–H and O–H groups in total. The maximum absolute atomic E-state index is 10.2. The second-order valence-electron chi connectivity index (χ2n) is 5.41. The van der Waals surface area contributed by atoms with Crippen LogP contribution in [-0.4, -0.2) is 53.4 Å². The van der Waals surface area contributed by atoms with Crippen molar-refractivity contribution in [3.05, 3.63) is 41.8 Å². The Morgan fingerprint density at radius 3 is 2.62 bits per heavy atom. The fourth-order valence-electron chi connectivity index (χ4n) is 2.42. The van der Waals surface area contributed by atoms with Gasteiger partial charge in [0.2, 0.25) is 5.89 Å². The Bertz CT molecular complexity index is 564. The number of likely N-dealkylation sites (N-methyl/N-ethyl adjacent to an activating group) is 1. The van der Waals surface area contributed by atoms with Crippen molar-refractivity contribution in [3.63, 3.8) is 0 Å². The van der Waals surface area contributed by atoms with Gasteiger partial charge in [-0.05, 0) is 17.8 Å². The number of aromatic nitrogens is 2. The number of piperazine rings is 1. The molecule has 6 nitrogen and oxygen atoms in total. The minimum absolute atomic E-state index is 0.338. The second kappa shape index (κ2) is 6.24. The Morgan fingerprint density at radius 1 is 1.19 bits per heavy atom. The summed E-state index contributed by atoms with van der Waals surface area (Å²) in [4.78, 5) is 8.78. The molecule has 21 heavy (non-hydrogen) atoms. The molecule has 1 atom stereocenters. The zero-order valence-electron chi connectivity index (χ0n) is 12.1. The van der Waals surface area contributed by atoms with Gasteiger partial charge >= 0.3 is 0 Å². The van der Waals surface area contributed by atoms with E-state index in [0.29, 0.717) is 18.3 Å². The van der Waals surface area contributed by atoms with Gasteiger partial charge in [-0.1, -0.05) is 30.3 Å². The number of benzene rings is 1.